The highest BCUT2D eigenvalue weighted by atomic mass is 32.2. The maximum Gasteiger partial charge on any atom is 0.304 e. The summed E-state index contributed by atoms with van der Waals surface area (Å²) >= 11 is 1.23. The molecule has 0 aliphatic rings. The molecule has 9 heteroatoms. The maximum atomic E-state index is 10.5. The number of anilines is 2. The summed E-state index contributed by atoms with van der Waals surface area (Å²) in [4.78, 5) is 23.1. The van der Waals surface area contributed by atoms with E-state index in [1.54, 1.807) is 13.8 Å². The normalized spacial score (nSPS) is 10.8. The van der Waals surface area contributed by atoms with Crippen LogP contribution in [0.2, 0.25) is 0 Å². The number of nitriles is 1. The predicted octanol–water partition coefficient (Wildman–Crippen LogP) is 1.58. The fourth-order valence-electron chi connectivity index (χ4n) is 1.25. The van der Waals surface area contributed by atoms with Gasteiger partial charge in [0.25, 0.3) is 0 Å². The highest BCUT2D eigenvalue weighted by Crippen LogP contribution is 2.19. The van der Waals surface area contributed by atoms with Crippen molar-refractivity contribution in [3.8, 4) is 6.07 Å². The van der Waals surface area contributed by atoms with Crippen LogP contribution in [0.4, 0.5) is 11.9 Å². The summed E-state index contributed by atoms with van der Waals surface area (Å²) in [5.41, 5.74) is -0.812. The Hall–Kier alpha value is -2.08. The highest BCUT2D eigenvalue weighted by molar-refractivity contribution is 7.99. The van der Waals surface area contributed by atoms with E-state index in [9.17, 15) is 4.79 Å². The number of rotatable bonds is 8. The van der Waals surface area contributed by atoms with Crippen LogP contribution in [0.15, 0.2) is 5.16 Å². The van der Waals surface area contributed by atoms with Gasteiger partial charge in [0.15, 0.2) is 5.16 Å². The molecule has 0 spiro atoms. The molecule has 0 saturated carbocycles. The van der Waals surface area contributed by atoms with Crippen molar-refractivity contribution in [2.75, 3.05) is 22.9 Å². The first-order valence-electron chi connectivity index (χ1n) is 6.40. The molecule has 3 N–H and O–H groups in total. The second-order valence-corrected chi connectivity index (χ2v) is 5.71. The van der Waals surface area contributed by atoms with Gasteiger partial charge in [-0.15, -0.1) is 0 Å². The zero-order chi connectivity index (χ0) is 15.9. The fourth-order valence-corrected chi connectivity index (χ4v) is 2.01. The number of nitrogens with zero attached hydrogens (tertiary/aromatic N) is 4. The SMILES string of the molecule is CCNc1nc(NC(C)(C)C#N)nc(SCCC(=O)O)n1. The lowest BCUT2D eigenvalue weighted by atomic mass is 10.1. The summed E-state index contributed by atoms with van der Waals surface area (Å²) in [7, 11) is 0. The summed E-state index contributed by atoms with van der Waals surface area (Å²) in [5, 5.41) is 24.0. The molecule has 0 aliphatic heterocycles. The number of aliphatic carboxylic acids is 1. The lowest BCUT2D eigenvalue weighted by Gasteiger charge is -2.18. The molecule has 8 nitrogen and oxygen atoms in total. The minimum atomic E-state index is -0.868. The maximum absolute atomic E-state index is 10.5. The molecule has 21 heavy (non-hydrogen) atoms. The molecule has 0 fully saturated rings. The highest BCUT2D eigenvalue weighted by Gasteiger charge is 2.18. The first-order valence-corrected chi connectivity index (χ1v) is 7.39. The van der Waals surface area contributed by atoms with Crippen molar-refractivity contribution < 1.29 is 9.90 Å². The Labute approximate surface area is 127 Å². The summed E-state index contributed by atoms with van der Waals surface area (Å²) in [6.45, 7) is 5.97. The Morgan fingerprint density at radius 1 is 1.38 bits per heavy atom. The lowest BCUT2D eigenvalue weighted by Crippen LogP contribution is -2.30. The Morgan fingerprint density at radius 2 is 2.05 bits per heavy atom. The van der Waals surface area contributed by atoms with Crippen LogP contribution in [0.3, 0.4) is 0 Å². The number of aromatic nitrogens is 3. The molecule has 1 rings (SSSR count). The molecular formula is C12H18N6O2S. The smallest absolute Gasteiger partial charge is 0.304 e. The molecule has 0 atom stereocenters. The van der Waals surface area contributed by atoms with Gasteiger partial charge in [-0.2, -0.15) is 20.2 Å². The number of hydrogen-bond donors (Lipinski definition) is 3. The first-order chi connectivity index (χ1) is 9.86. The summed E-state index contributed by atoms with van der Waals surface area (Å²) in [6, 6.07) is 2.10. The second kappa shape index (κ2) is 7.64. The molecule has 1 aromatic rings. The van der Waals surface area contributed by atoms with Crippen LogP contribution >= 0.6 is 11.8 Å². The van der Waals surface area contributed by atoms with E-state index in [-0.39, 0.29) is 12.4 Å². The van der Waals surface area contributed by atoms with Crippen LogP contribution in [0, 0.1) is 11.3 Å². The van der Waals surface area contributed by atoms with Crippen molar-refractivity contribution in [3.63, 3.8) is 0 Å². The molecule has 0 saturated heterocycles. The third kappa shape index (κ3) is 6.27. The topological polar surface area (TPSA) is 124 Å². The minimum absolute atomic E-state index is 0.0271. The van der Waals surface area contributed by atoms with Crippen molar-refractivity contribution in [2.45, 2.75) is 37.9 Å². The zero-order valence-electron chi connectivity index (χ0n) is 12.2. The number of carboxylic acids is 1. The van der Waals surface area contributed by atoms with Crippen LogP contribution in [-0.4, -0.2) is 43.9 Å². The third-order valence-electron chi connectivity index (χ3n) is 2.20. The van der Waals surface area contributed by atoms with Crippen LogP contribution in [0.25, 0.3) is 0 Å². The van der Waals surface area contributed by atoms with Crippen LogP contribution < -0.4 is 10.6 Å². The molecule has 114 valence electrons. The van der Waals surface area contributed by atoms with Gasteiger partial charge in [-0.1, -0.05) is 11.8 Å². The monoisotopic (exact) mass is 310 g/mol. The first kappa shape index (κ1) is 17.0. The second-order valence-electron chi connectivity index (χ2n) is 4.65. The minimum Gasteiger partial charge on any atom is -0.481 e. The van der Waals surface area contributed by atoms with E-state index < -0.39 is 11.5 Å². The predicted molar refractivity (Wildman–Crippen MR) is 80.3 cm³/mol. The number of carbonyl (C=O) groups is 1. The summed E-state index contributed by atoms with van der Waals surface area (Å²) < 4.78 is 0. The number of carboxylic acid groups (broad SMARTS) is 1. The average Bonchev–Trinajstić information content (AvgIpc) is 2.38. The molecule has 0 aliphatic carbocycles. The summed E-state index contributed by atoms with van der Waals surface area (Å²) in [5.74, 6) is 0.172. The van der Waals surface area contributed by atoms with Gasteiger partial charge in [0, 0.05) is 12.3 Å². The van der Waals surface area contributed by atoms with E-state index in [4.69, 9.17) is 10.4 Å². The average molecular weight is 310 g/mol. The van der Waals surface area contributed by atoms with E-state index in [0.29, 0.717) is 23.4 Å². The third-order valence-corrected chi connectivity index (χ3v) is 3.05. The molecular weight excluding hydrogens is 292 g/mol. The van der Waals surface area contributed by atoms with Gasteiger partial charge in [0.05, 0.1) is 12.5 Å². The van der Waals surface area contributed by atoms with Crippen molar-refractivity contribution in [2.24, 2.45) is 0 Å². The molecule has 1 heterocycles. The molecule has 0 amide bonds. The fraction of sp³-hybridized carbons (Fsp3) is 0.583. The number of thioether (sulfide) groups is 1. The summed E-state index contributed by atoms with van der Waals surface area (Å²) in [6.07, 6.45) is 0.0271. The van der Waals surface area contributed by atoms with Crippen LogP contribution in [-0.2, 0) is 4.79 Å². The van der Waals surface area contributed by atoms with E-state index >= 15 is 0 Å². The van der Waals surface area contributed by atoms with Crippen molar-refractivity contribution in [1.29, 1.82) is 5.26 Å². The van der Waals surface area contributed by atoms with Crippen molar-refractivity contribution >= 4 is 29.6 Å². The zero-order valence-corrected chi connectivity index (χ0v) is 13.0. The van der Waals surface area contributed by atoms with E-state index in [2.05, 4.69) is 31.7 Å². The van der Waals surface area contributed by atoms with Gasteiger partial charge in [-0.3, -0.25) is 4.79 Å². The van der Waals surface area contributed by atoms with Crippen molar-refractivity contribution in [3.05, 3.63) is 0 Å². The number of hydrogen-bond acceptors (Lipinski definition) is 8. The molecule has 1 aromatic heterocycles. The van der Waals surface area contributed by atoms with Gasteiger partial charge < -0.3 is 15.7 Å². The Balaban J connectivity index is 2.89. The Morgan fingerprint density at radius 3 is 2.62 bits per heavy atom. The Kier molecular flexibility index (Phi) is 6.17. The van der Waals surface area contributed by atoms with Gasteiger partial charge in [0.1, 0.15) is 5.54 Å². The standard InChI is InChI=1S/C12H18N6O2S/c1-4-14-9-15-10(18-12(2,3)7-13)17-11(16-9)21-6-5-8(19)20/h4-6H2,1-3H3,(H,19,20)(H2,14,15,16,17,18). The molecule has 0 bridgehead atoms. The van der Waals surface area contributed by atoms with Crippen molar-refractivity contribution in [1.82, 2.24) is 15.0 Å². The number of nitrogens with one attached hydrogen (secondary N) is 2. The molecule has 0 aromatic carbocycles. The van der Waals surface area contributed by atoms with Gasteiger partial charge in [0.2, 0.25) is 11.9 Å². The Bertz CT molecular complexity index is 543. The largest absolute Gasteiger partial charge is 0.481 e. The van der Waals surface area contributed by atoms with E-state index in [0.717, 1.165) is 0 Å². The van der Waals surface area contributed by atoms with E-state index in [1.165, 1.54) is 11.8 Å². The van der Waals surface area contributed by atoms with Crippen LogP contribution in [0.1, 0.15) is 27.2 Å². The van der Waals surface area contributed by atoms with Gasteiger partial charge >= 0.3 is 5.97 Å². The quantitative estimate of drug-likeness (QED) is 0.614. The van der Waals surface area contributed by atoms with Gasteiger partial charge in [-0.05, 0) is 20.8 Å². The van der Waals surface area contributed by atoms with Gasteiger partial charge in [-0.25, -0.2) is 0 Å². The molecule has 0 unspecified atom stereocenters. The van der Waals surface area contributed by atoms with Crippen LogP contribution in [0.5, 0.6) is 0 Å². The van der Waals surface area contributed by atoms with E-state index in [1.807, 2.05) is 6.92 Å². The molecule has 0 radical (unpaired) electrons. The lowest BCUT2D eigenvalue weighted by molar-refractivity contribution is -0.136.